The molecular weight excluding hydrogens is 263 g/mol. The molecule has 0 aliphatic carbocycles. The number of aromatic hydroxyl groups is 2. The summed E-state index contributed by atoms with van der Waals surface area (Å²) in [5, 5.41) is 22.1. The first-order valence-electron chi connectivity index (χ1n) is 5.68. The minimum Gasteiger partial charge on any atom is -0.507 e. The van der Waals surface area contributed by atoms with Gasteiger partial charge in [0.15, 0.2) is 11.6 Å². The second kappa shape index (κ2) is 5.83. The van der Waals surface area contributed by atoms with E-state index in [1.807, 2.05) is 0 Å². The number of halogens is 1. The van der Waals surface area contributed by atoms with Crippen molar-refractivity contribution in [3.8, 4) is 11.5 Å². The zero-order valence-corrected chi connectivity index (χ0v) is 10.2. The van der Waals surface area contributed by atoms with Crippen LogP contribution in [0.15, 0.2) is 47.6 Å². The fraction of sp³-hybridized carbons (Fsp3) is 0. The Hall–Kier alpha value is -2.89. The lowest BCUT2D eigenvalue weighted by molar-refractivity contribution is 0.0952. The molecule has 0 radical (unpaired) electrons. The molecule has 2 aromatic rings. The van der Waals surface area contributed by atoms with Gasteiger partial charge >= 0.3 is 0 Å². The van der Waals surface area contributed by atoms with E-state index in [1.54, 1.807) is 12.1 Å². The Morgan fingerprint density at radius 2 is 1.90 bits per heavy atom. The van der Waals surface area contributed by atoms with Crippen LogP contribution in [0.25, 0.3) is 0 Å². The number of phenols is 2. The number of para-hydroxylation sites is 1. The summed E-state index contributed by atoms with van der Waals surface area (Å²) in [5.41, 5.74) is 2.67. The molecule has 102 valence electrons. The molecule has 0 unspecified atom stereocenters. The molecule has 0 saturated carbocycles. The SMILES string of the molecule is O=C(N/N=C/c1ccc(O)c(F)c1)c1ccccc1O. The van der Waals surface area contributed by atoms with Crippen LogP contribution < -0.4 is 5.43 Å². The molecule has 1 amide bonds. The van der Waals surface area contributed by atoms with Crippen LogP contribution >= 0.6 is 0 Å². The van der Waals surface area contributed by atoms with Gasteiger partial charge in [0.2, 0.25) is 0 Å². The molecule has 2 aromatic carbocycles. The van der Waals surface area contributed by atoms with Crippen molar-refractivity contribution in [2.75, 3.05) is 0 Å². The van der Waals surface area contributed by atoms with Crippen LogP contribution in [0, 0.1) is 5.82 Å². The quantitative estimate of drug-likeness (QED) is 0.591. The first-order valence-corrected chi connectivity index (χ1v) is 5.68. The van der Waals surface area contributed by atoms with Crippen molar-refractivity contribution in [1.29, 1.82) is 0 Å². The van der Waals surface area contributed by atoms with E-state index < -0.39 is 17.5 Å². The Labute approximate surface area is 114 Å². The summed E-state index contributed by atoms with van der Waals surface area (Å²) in [6, 6.07) is 9.72. The maximum Gasteiger partial charge on any atom is 0.275 e. The third kappa shape index (κ3) is 3.11. The molecule has 0 aliphatic rings. The van der Waals surface area contributed by atoms with Gasteiger partial charge in [-0.05, 0) is 35.9 Å². The number of hydrogen-bond donors (Lipinski definition) is 3. The van der Waals surface area contributed by atoms with E-state index in [-0.39, 0.29) is 11.3 Å². The summed E-state index contributed by atoms with van der Waals surface area (Å²) in [4.78, 5) is 11.7. The van der Waals surface area contributed by atoms with Crippen molar-refractivity contribution in [2.45, 2.75) is 0 Å². The number of hydrogen-bond acceptors (Lipinski definition) is 4. The van der Waals surface area contributed by atoms with Crippen molar-refractivity contribution in [1.82, 2.24) is 5.43 Å². The van der Waals surface area contributed by atoms with Crippen LogP contribution in [-0.4, -0.2) is 22.3 Å². The fourth-order valence-corrected chi connectivity index (χ4v) is 1.49. The highest BCUT2D eigenvalue weighted by Gasteiger charge is 2.08. The lowest BCUT2D eigenvalue weighted by Crippen LogP contribution is -2.17. The van der Waals surface area contributed by atoms with Crippen molar-refractivity contribution in [3.63, 3.8) is 0 Å². The first kappa shape index (κ1) is 13.5. The Bertz CT molecular complexity index is 671. The number of nitrogens with zero attached hydrogens (tertiary/aromatic N) is 1. The molecule has 0 bridgehead atoms. The maximum atomic E-state index is 13.1. The molecule has 0 heterocycles. The predicted molar refractivity (Wildman–Crippen MR) is 71.2 cm³/mol. The Balaban J connectivity index is 2.05. The molecule has 0 spiro atoms. The van der Waals surface area contributed by atoms with Gasteiger partial charge in [-0.25, -0.2) is 9.82 Å². The Kier molecular flexibility index (Phi) is 3.95. The van der Waals surface area contributed by atoms with Gasteiger partial charge < -0.3 is 10.2 Å². The second-order valence-corrected chi connectivity index (χ2v) is 3.93. The smallest absolute Gasteiger partial charge is 0.275 e. The number of carbonyl (C=O) groups excluding carboxylic acids is 1. The molecule has 0 saturated heterocycles. The van der Waals surface area contributed by atoms with Gasteiger partial charge in [-0.2, -0.15) is 5.10 Å². The number of amides is 1. The first-order chi connectivity index (χ1) is 9.58. The number of phenolic OH excluding ortho intramolecular Hbond substituents is 2. The monoisotopic (exact) mass is 274 g/mol. The van der Waals surface area contributed by atoms with Crippen LogP contribution in [0.3, 0.4) is 0 Å². The molecule has 20 heavy (non-hydrogen) atoms. The molecule has 3 N–H and O–H groups in total. The topological polar surface area (TPSA) is 81.9 Å². The number of benzene rings is 2. The molecule has 0 aromatic heterocycles. The lowest BCUT2D eigenvalue weighted by atomic mass is 10.2. The highest BCUT2D eigenvalue weighted by atomic mass is 19.1. The van der Waals surface area contributed by atoms with E-state index in [0.29, 0.717) is 5.56 Å². The largest absolute Gasteiger partial charge is 0.507 e. The molecule has 0 atom stereocenters. The summed E-state index contributed by atoms with van der Waals surface area (Å²) < 4.78 is 13.1. The third-order valence-corrected chi connectivity index (χ3v) is 2.50. The van der Waals surface area contributed by atoms with Crippen molar-refractivity contribution >= 4 is 12.1 Å². The highest BCUT2D eigenvalue weighted by molar-refractivity contribution is 5.97. The van der Waals surface area contributed by atoms with Crippen LogP contribution in [0.2, 0.25) is 0 Å². The summed E-state index contributed by atoms with van der Waals surface area (Å²) in [5.74, 6) is -1.98. The highest BCUT2D eigenvalue weighted by Crippen LogP contribution is 2.16. The standard InChI is InChI=1S/C14H11FN2O3/c15-11-7-9(5-6-13(11)19)8-16-17-14(20)10-3-1-2-4-12(10)18/h1-8,18-19H,(H,17,20)/b16-8+. The molecule has 0 fully saturated rings. The average molecular weight is 274 g/mol. The summed E-state index contributed by atoms with van der Waals surface area (Å²) >= 11 is 0. The fourth-order valence-electron chi connectivity index (χ4n) is 1.49. The van der Waals surface area contributed by atoms with E-state index in [0.717, 1.165) is 6.07 Å². The van der Waals surface area contributed by atoms with Gasteiger partial charge in [0.25, 0.3) is 5.91 Å². The van der Waals surface area contributed by atoms with Crippen molar-refractivity contribution in [2.24, 2.45) is 5.10 Å². The van der Waals surface area contributed by atoms with Gasteiger partial charge in [0.05, 0.1) is 11.8 Å². The van der Waals surface area contributed by atoms with E-state index >= 15 is 0 Å². The number of nitrogens with one attached hydrogen (secondary N) is 1. The summed E-state index contributed by atoms with van der Waals surface area (Å²) in [6.45, 7) is 0. The maximum absolute atomic E-state index is 13.1. The van der Waals surface area contributed by atoms with E-state index in [1.165, 1.54) is 30.5 Å². The van der Waals surface area contributed by atoms with Gasteiger partial charge in [-0.1, -0.05) is 12.1 Å². The zero-order valence-electron chi connectivity index (χ0n) is 10.2. The van der Waals surface area contributed by atoms with Crippen LogP contribution in [0.1, 0.15) is 15.9 Å². The van der Waals surface area contributed by atoms with Gasteiger partial charge in [0, 0.05) is 0 Å². The molecule has 2 rings (SSSR count). The summed E-state index contributed by atoms with van der Waals surface area (Å²) in [7, 11) is 0. The zero-order chi connectivity index (χ0) is 14.5. The second-order valence-electron chi connectivity index (χ2n) is 3.93. The van der Waals surface area contributed by atoms with Crippen LogP contribution in [-0.2, 0) is 0 Å². The molecule has 5 nitrogen and oxygen atoms in total. The number of rotatable bonds is 3. The summed E-state index contributed by atoms with van der Waals surface area (Å²) in [6.07, 6.45) is 1.22. The Morgan fingerprint density at radius 3 is 2.60 bits per heavy atom. The van der Waals surface area contributed by atoms with Gasteiger partial charge in [0.1, 0.15) is 5.75 Å². The van der Waals surface area contributed by atoms with E-state index in [9.17, 15) is 14.3 Å². The third-order valence-electron chi connectivity index (χ3n) is 2.50. The van der Waals surface area contributed by atoms with Gasteiger partial charge in [-0.15, -0.1) is 0 Å². The lowest BCUT2D eigenvalue weighted by Gasteiger charge is -2.02. The molecule has 6 heteroatoms. The Morgan fingerprint density at radius 1 is 1.15 bits per heavy atom. The minimum absolute atomic E-state index is 0.0848. The van der Waals surface area contributed by atoms with E-state index in [4.69, 9.17) is 5.11 Å². The van der Waals surface area contributed by atoms with Gasteiger partial charge in [-0.3, -0.25) is 4.79 Å². The van der Waals surface area contributed by atoms with Crippen LogP contribution in [0.4, 0.5) is 4.39 Å². The number of carbonyl (C=O) groups is 1. The number of hydrazone groups is 1. The average Bonchev–Trinajstić information content (AvgIpc) is 2.43. The minimum atomic E-state index is -0.777. The normalized spacial score (nSPS) is 10.7. The predicted octanol–water partition coefficient (Wildman–Crippen LogP) is 2.00. The molecule has 0 aliphatic heterocycles. The molecular formula is C14H11FN2O3. The van der Waals surface area contributed by atoms with Crippen molar-refractivity contribution in [3.05, 3.63) is 59.4 Å². The van der Waals surface area contributed by atoms with E-state index in [2.05, 4.69) is 10.5 Å². The van der Waals surface area contributed by atoms with Crippen LogP contribution in [0.5, 0.6) is 11.5 Å². The van der Waals surface area contributed by atoms with Crippen molar-refractivity contribution < 1.29 is 19.4 Å².